The number of imidazole rings is 1. The molecule has 0 bridgehead atoms. The molecular weight excluding hydrogens is 404 g/mol. The van der Waals surface area contributed by atoms with Gasteiger partial charge in [0, 0.05) is 39.8 Å². The van der Waals surface area contributed by atoms with Crippen LogP contribution in [0.3, 0.4) is 0 Å². The Labute approximate surface area is 180 Å². The number of likely N-dealkylation sites (tertiary alicyclic amines) is 1. The van der Waals surface area contributed by atoms with E-state index in [1.807, 2.05) is 18.7 Å². The Morgan fingerprint density at radius 1 is 1.27 bits per heavy atom. The number of rotatable bonds is 11. The topological polar surface area (TPSA) is 84.7 Å². The summed E-state index contributed by atoms with van der Waals surface area (Å²) in [7, 11) is -1.79. The monoisotopic (exact) mass is 440 g/mol. The smallest absolute Gasteiger partial charge is 0.227 e. The van der Waals surface area contributed by atoms with Gasteiger partial charge in [0.15, 0.2) is 0 Å². The SMILES string of the molecule is CCN(CC)C(=O)[C@H]1CCCN(Cc2cnc(S(=O)(=O)CC3CC3)n2CCOC)C1. The molecule has 1 aliphatic heterocycles. The lowest BCUT2D eigenvalue weighted by Gasteiger charge is -2.34. The summed E-state index contributed by atoms with van der Waals surface area (Å²) in [5.41, 5.74) is 0.873. The Kier molecular flexibility index (Phi) is 7.92. The fourth-order valence-electron chi connectivity index (χ4n) is 4.28. The van der Waals surface area contributed by atoms with Crippen LogP contribution in [0.5, 0.6) is 0 Å². The molecular formula is C21H36N4O4S. The first-order valence-corrected chi connectivity index (χ1v) is 12.8. The third-order valence-electron chi connectivity index (χ3n) is 6.17. The van der Waals surface area contributed by atoms with Crippen molar-refractivity contribution in [2.45, 2.75) is 57.8 Å². The number of piperidine rings is 1. The number of amides is 1. The number of carbonyl (C=O) groups is 1. The van der Waals surface area contributed by atoms with E-state index in [4.69, 9.17) is 4.74 Å². The molecule has 1 atom stereocenters. The van der Waals surface area contributed by atoms with E-state index in [1.165, 1.54) is 0 Å². The predicted octanol–water partition coefficient (Wildman–Crippen LogP) is 1.79. The van der Waals surface area contributed by atoms with Crippen molar-refractivity contribution in [3.8, 4) is 0 Å². The van der Waals surface area contributed by atoms with E-state index in [0.717, 1.165) is 51.0 Å². The van der Waals surface area contributed by atoms with Crippen molar-refractivity contribution in [3.63, 3.8) is 0 Å². The van der Waals surface area contributed by atoms with Crippen LogP contribution in [0.15, 0.2) is 11.4 Å². The van der Waals surface area contributed by atoms with Gasteiger partial charge in [-0.3, -0.25) is 9.69 Å². The minimum atomic E-state index is -3.40. The minimum absolute atomic E-state index is 0.00654. The number of ether oxygens (including phenoxy) is 1. The summed E-state index contributed by atoms with van der Waals surface area (Å²) in [6.45, 7) is 8.59. The fraction of sp³-hybridized carbons (Fsp3) is 0.810. The molecule has 2 fully saturated rings. The quantitative estimate of drug-likeness (QED) is 0.522. The molecule has 30 heavy (non-hydrogen) atoms. The van der Waals surface area contributed by atoms with Gasteiger partial charge in [-0.25, -0.2) is 13.4 Å². The molecule has 1 amide bonds. The molecule has 1 saturated carbocycles. The van der Waals surface area contributed by atoms with Crippen LogP contribution >= 0.6 is 0 Å². The van der Waals surface area contributed by atoms with Crippen molar-refractivity contribution in [2.24, 2.45) is 11.8 Å². The summed E-state index contributed by atoms with van der Waals surface area (Å²) in [4.78, 5) is 21.3. The maximum atomic E-state index is 12.9. The third kappa shape index (κ3) is 5.62. The Bertz CT molecular complexity index is 815. The molecule has 9 heteroatoms. The van der Waals surface area contributed by atoms with Crippen LogP contribution in [-0.4, -0.2) is 79.3 Å². The summed E-state index contributed by atoms with van der Waals surface area (Å²) in [6, 6.07) is 0. The molecule has 1 saturated heterocycles. The molecule has 0 N–H and O–H groups in total. The second-order valence-corrected chi connectivity index (χ2v) is 10.4. The Hall–Kier alpha value is -1.45. The molecule has 170 valence electrons. The van der Waals surface area contributed by atoms with Crippen molar-refractivity contribution >= 4 is 15.7 Å². The lowest BCUT2D eigenvalue weighted by Crippen LogP contribution is -2.44. The Morgan fingerprint density at radius 2 is 2.00 bits per heavy atom. The molecule has 2 aliphatic rings. The van der Waals surface area contributed by atoms with E-state index in [2.05, 4.69) is 9.88 Å². The Morgan fingerprint density at radius 3 is 2.63 bits per heavy atom. The van der Waals surface area contributed by atoms with Crippen LogP contribution in [0.2, 0.25) is 0 Å². The van der Waals surface area contributed by atoms with E-state index in [9.17, 15) is 13.2 Å². The van der Waals surface area contributed by atoms with Gasteiger partial charge in [-0.1, -0.05) is 0 Å². The molecule has 0 unspecified atom stereocenters. The van der Waals surface area contributed by atoms with Crippen LogP contribution in [0.1, 0.15) is 45.2 Å². The molecule has 1 aliphatic carbocycles. The number of nitrogens with zero attached hydrogens (tertiary/aromatic N) is 4. The number of hydrogen-bond acceptors (Lipinski definition) is 6. The summed E-state index contributed by atoms with van der Waals surface area (Å²) in [5.74, 6) is 0.693. The molecule has 0 spiro atoms. The van der Waals surface area contributed by atoms with E-state index >= 15 is 0 Å². The van der Waals surface area contributed by atoms with E-state index in [-0.39, 0.29) is 28.7 Å². The molecule has 3 rings (SSSR count). The van der Waals surface area contributed by atoms with Gasteiger partial charge >= 0.3 is 0 Å². The summed E-state index contributed by atoms with van der Waals surface area (Å²) < 4.78 is 32.7. The number of aromatic nitrogens is 2. The van der Waals surface area contributed by atoms with Crippen LogP contribution < -0.4 is 0 Å². The van der Waals surface area contributed by atoms with Crippen molar-refractivity contribution < 1.29 is 17.9 Å². The zero-order valence-corrected chi connectivity index (χ0v) is 19.4. The van der Waals surface area contributed by atoms with E-state index in [0.29, 0.717) is 26.2 Å². The maximum Gasteiger partial charge on any atom is 0.227 e. The van der Waals surface area contributed by atoms with Crippen LogP contribution in [0, 0.1) is 11.8 Å². The zero-order chi connectivity index (χ0) is 21.7. The standard InChI is InChI=1S/C21H36N4O4S/c1-4-24(5-2)20(26)18-7-6-10-23(14-18)15-19-13-22-21(25(19)11-12-29-3)30(27,28)16-17-8-9-17/h13,17-18H,4-12,14-16H2,1-3H3/t18-/m0/s1. The fourth-order valence-corrected chi connectivity index (χ4v) is 6.14. The maximum absolute atomic E-state index is 12.9. The van der Waals surface area contributed by atoms with Crippen molar-refractivity contribution in [2.75, 3.05) is 45.6 Å². The third-order valence-corrected chi connectivity index (χ3v) is 7.96. The highest BCUT2D eigenvalue weighted by Gasteiger charge is 2.33. The first-order chi connectivity index (χ1) is 14.4. The summed E-state index contributed by atoms with van der Waals surface area (Å²) >= 11 is 0. The normalized spacial score (nSPS) is 20.4. The second kappa shape index (κ2) is 10.2. The molecule has 0 aromatic carbocycles. The van der Waals surface area contributed by atoms with Gasteiger partial charge in [0.2, 0.25) is 20.9 Å². The highest BCUT2D eigenvalue weighted by atomic mass is 32.2. The number of carbonyl (C=O) groups excluding carboxylic acids is 1. The van der Waals surface area contributed by atoms with Gasteiger partial charge in [0.25, 0.3) is 0 Å². The summed E-state index contributed by atoms with van der Waals surface area (Å²) in [5, 5.41) is 0.161. The van der Waals surface area contributed by atoms with Gasteiger partial charge < -0.3 is 14.2 Å². The molecule has 2 heterocycles. The first-order valence-electron chi connectivity index (χ1n) is 11.2. The van der Waals surface area contributed by atoms with E-state index < -0.39 is 9.84 Å². The predicted molar refractivity (Wildman–Crippen MR) is 115 cm³/mol. The highest BCUT2D eigenvalue weighted by molar-refractivity contribution is 7.91. The lowest BCUT2D eigenvalue weighted by atomic mass is 9.96. The number of sulfone groups is 1. The zero-order valence-electron chi connectivity index (χ0n) is 18.5. The average Bonchev–Trinajstić information content (AvgIpc) is 3.44. The number of hydrogen-bond donors (Lipinski definition) is 0. The first kappa shape index (κ1) is 23.2. The average molecular weight is 441 g/mol. The molecule has 1 aromatic rings. The van der Waals surface area contributed by atoms with Crippen LogP contribution in [0.4, 0.5) is 0 Å². The van der Waals surface area contributed by atoms with E-state index in [1.54, 1.807) is 17.9 Å². The minimum Gasteiger partial charge on any atom is -0.383 e. The molecule has 0 radical (unpaired) electrons. The van der Waals surface area contributed by atoms with Crippen LogP contribution in [-0.2, 0) is 32.5 Å². The molecule has 8 nitrogen and oxygen atoms in total. The van der Waals surface area contributed by atoms with Gasteiger partial charge in [-0.15, -0.1) is 0 Å². The lowest BCUT2D eigenvalue weighted by molar-refractivity contribution is -0.137. The van der Waals surface area contributed by atoms with Gasteiger partial charge in [0.05, 0.1) is 30.2 Å². The van der Waals surface area contributed by atoms with Gasteiger partial charge in [0.1, 0.15) is 0 Å². The van der Waals surface area contributed by atoms with Crippen LogP contribution in [0.25, 0.3) is 0 Å². The Balaban J connectivity index is 1.74. The van der Waals surface area contributed by atoms with Crippen molar-refractivity contribution in [1.82, 2.24) is 19.4 Å². The van der Waals surface area contributed by atoms with Crippen molar-refractivity contribution in [1.29, 1.82) is 0 Å². The second-order valence-electron chi connectivity index (χ2n) is 8.49. The van der Waals surface area contributed by atoms with Gasteiger partial charge in [-0.05, 0) is 52.0 Å². The summed E-state index contributed by atoms with van der Waals surface area (Å²) in [6.07, 6.45) is 5.54. The van der Waals surface area contributed by atoms with Crippen molar-refractivity contribution in [3.05, 3.63) is 11.9 Å². The highest BCUT2D eigenvalue weighted by Crippen LogP contribution is 2.32. The number of methoxy groups -OCH3 is 1. The largest absolute Gasteiger partial charge is 0.383 e. The van der Waals surface area contributed by atoms with Gasteiger partial charge in [-0.2, -0.15) is 0 Å². The molecule has 1 aromatic heterocycles.